The van der Waals surface area contributed by atoms with Crippen LogP contribution in [0.25, 0.3) is 11.2 Å². The fraction of sp³-hybridized carbons (Fsp3) is 0.697. The van der Waals surface area contributed by atoms with Crippen LogP contribution in [0.4, 0.5) is 5.95 Å². The first kappa shape index (κ1) is 37.4. The van der Waals surface area contributed by atoms with Crippen molar-refractivity contribution in [3.05, 3.63) is 49.8 Å². The van der Waals surface area contributed by atoms with Gasteiger partial charge in [-0.1, -0.05) is 41.5 Å². The van der Waals surface area contributed by atoms with Gasteiger partial charge in [0.25, 0.3) is 11.1 Å². The number of hydrogen-bond donors (Lipinski definition) is 4. The quantitative estimate of drug-likeness (QED) is 0.196. The van der Waals surface area contributed by atoms with Gasteiger partial charge in [0, 0.05) is 51.3 Å². The fourth-order valence-corrected chi connectivity index (χ4v) is 7.24. The molecule has 276 valence electrons. The number of imidazole rings is 1. The Morgan fingerprint density at radius 2 is 1.70 bits per heavy atom. The summed E-state index contributed by atoms with van der Waals surface area (Å²) < 4.78 is 33.5. The summed E-state index contributed by atoms with van der Waals surface area (Å²) in [6.45, 7) is 13.2. The predicted molar refractivity (Wildman–Crippen MR) is 182 cm³/mol. The van der Waals surface area contributed by atoms with Crippen molar-refractivity contribution in [2.45, 2.75) is 91.3 Å². The van der Waals surface area contributed by atoms with Gasteiger partial charge in [0.05, 0.1) is 31.7 Å². The molecule has 0 aromatic carbocycles. The second-order valence-electron chi connectivity index (χ2n) is 15.3. The van der Waals surface area contributed by atoms with E-state index in [4.69, 9.17) is 29.4 Å². The van der Waals surface area contributed by atoms with E-state index in [-0.39, 0.29) is 59.3 Å². The molecule has 5 rings (SSSR count). The van der Waals surface area contributed by atoms with Crippen LogP contribution in [-0.2, 0) is 28.5 Å². The maximum Gasteiger partial charge on any atom is 0.330 e. The maximum atomic E-state index is 13.8. The highest BCUT2D eigenvalue weighted by Crippen LogP contribution is 2.46. The lowest BCUT2D eigenvalue weighted by Gasteiger charge is -2.35. The van der Waals surface area contributed by atoms with Crippen LogP contribution in [0.15, 0.2) is 33.0 Å². The number of fused-ring (bicyclic) bond motifs is 1. The van der Waals surface area contributed by atoms with Crippen LogP contribution >= 0.6 is 0 Å². The molecule has 0 bridgehead atoms. The number of nitrogen functional groups attached to an aromatic ring is 1. The number of anilines is 1. The number of carbonyl (C=O) groups excluding carboxylic acids is 1. The molecule has 8 atom stereocenters. The molecule has 2 aliphatic rings. The summed E-state index contributed by atoms with van der Waals surface area (Å²) in [5.41, 5.74) is 4.12. The zero-order chi connectivity index (χ0) is 36.5. The van der Waals surface area contributed by atoms with E-state index in [1.54, 1.807) is 11.7 Å². The SMILES string of the molecule is COCCOC1C(n2cnc3c(=O)[nH]c(N)nc32)OC(CNC(=O)CC2C(CC(C)(C)C)OC(n3ccc(=O)[nH]c3=O)C2OC)C1C(C)(C)C. The number of nitrogens with two attached hydrogens (primary N) is 1. The van der Waals surface area contributed by atoms with Gasteiger partial charge in [0.15, 0.2) is 23.6 Å². The van der Waals surface area contributed by atoms with Gasteiger partial charge in [-0.2, -0.15) is 4.98 Å². The first-order chi connectivity index (χ1) is 23.5. The highest BCUT2D eigenvalue weighted by molar-refractivity contribution is 5.76. The van der Waals surface area contributed by atoms with Crippen LogP contribution in [-0.4, -0.2) is 93.4 Å². The van der Waals surface area contributed by atoms with Crippen LogP contribution < -0.4 is 27.9 Å². The third kappa shape index (κ3) is 8.01. The summed E-state index contributed by atoms with van der Waals surface area (Å²) in [5.74, 6) is -0.943. The van der Waals surface area contributed by atoms with E-state index in [2.05, 4.69) is 66.8 Å². The molecule has 5 N–H and O–H groups in total. The lowest BCUT2D eigenvalue weighted by Crippen LogP contribution is -2.44. The van der Waals surface area contributed by atoms with Crippen molar-refractivity contribution in [3.8, 4) is 0 Å². The smallest absolute Gasteiger partial charge is 0.330 e. The number of nitrogens with one attached hydrogen (secondary N) is 3. The normalized spacial score (nSPS) is 27.3. The Labute approximate surface area is 289 Å². The van der Waals surface area contributed by atoms with Crippen LogP contribution in [0.2, 0.25) is 0 Å². The zero-order valence-corrected chi connectivity index (χ0v) is 29.9. The van der Waals surface area contributed by atoms with Gasteiger partial charge in [-0.3, -0.25) is 33.5 Å². The number of aromatic amines is 2. The average Bonchev–Trinajstić information content (AvgIpc) is 3.69. The molecule has 5 heterocycles. The third-order valence-electron chi connectivity index (χ3n) is 9.30. The molecule has 2 fully saturated rings. The Bertz CT molecular complexity index is 1820. The second kappa shape index (κ2) is 14.8. The summed E-state index contributed by atoms with van der Waals surface area (Å²) in [6, 6.07) is 1.25. The Balaban J connectivity index is 1.39. The molecule has 17 nitrogen and oxygen atoms in total. The number of aromatic nitrogens is 6. The molecule has 0 saturated carbocycles. The molecular weight excluding hydrogens is 652 g/mol. The fourth-order valence-electron chi connectivity index (χ4n) is 7.24. The first-order valence-corrected chi connectivity index (χ1v) is 16.8. The summed E-state index contributed by atoms with van der Waals surface area (Å²) >= 11 is 0. The van der Waals surface area contributed by atoms with Gasteiger partial charge in [0.2, 0.25) is 11.9 Å². The monoisotopic (exact) mass is 702 g/mol. The first-order valence-electron chi connectivity index (χ1n) is 16.8. The average molecular weight is 703 g/mol. The van der Waals surface area contributed by atoms with Crippen molar-refractivity contribution in [2.24, 2.45) is 22.7 Å². The van der Waals surface area contributed by atoms with E-state index in [1.807, 2.05) is 0 Å². The number of nitrogens with zero attached hydrogens (tertiary/aromatic N) is 4. The molecular formula is C33H50N8O9. The summed E-state index contributed by atoms with van der Waals surface area (Å²) in [5, 5.41) is 3.08. The molecule has 0 aliphatic carbocycles. The molecule has 3 aromatic heterocycles. The number of amides is 1. The van der Waals surface area contributed by atoms with Gasteiger partial charge in [0.1, 0.15) is 12.2 Å². The predicted octanol–water partition coefficient (Wildman–Crippen LogP) is 1.31. The minimum absolute atomic E-state index is 0.0517. The molecule has 0 radical (unpaired) electrons. The lowest BCUT2D eigenvalue weighted by molar-refractivity contribution is -0.124. The Hall–Kier alpha value is -3.90. The van der Waals surface area contributed by atoms with Crippen molar-refractivity contribution < 1.29 is 28.5 Å². The summed E-state index contributed by atoms with van der Waals surface area (Å²) in [6.07, 6.45) is -0.185. The van der Waals surface area contributed by atoms with Gasteiger partial charge < -0.3 is 34.7 Å². The second-order valence-corrected chi connectivity index (χ2v) is 15.3. The highest BCUT2D eigenvalue weighted by Gasteiger charge is 2.52. The molecule has 3 aromatic rings. The van der Waals surface area contributed by atoms with E-state index in [9.17, 15) is 19.2 Å². The molecule has 50 heavy (non-hydrogen) atoms. The van der Waals surface area contributed by atoms with E-state index in [0.717, 1.165) is 0 Å². The highest BCUT2D eigenvalue weighted by atomic mass is 16.6. The van der Waals surface area contributed by atoms with E-state index < -0.39 is 59.6 Å². The summed E-state index contributed by atoms with van der Waals surface area (Å²) in [7, 11) is 3.10. The van der Waals surface area contributed by atoms with E-state index in [0.29, 0.717) is 13.0 Å². The lowest BCUT2D eigenvalue weighted by atomic mass is 9.74. The number of ether oxygens (including phenoxy) is 5. The summed E-state index contributed by atoms with van der Waals surface area (Å²) in [4.78, 5) is 64.2. The Kier molecular flexibility index (Phi) is 11.0. The molecule has 17 heteroatoms. The van der Waals surface area contributed by atoms with Gasteiger partial charge in [-0.05, 0) is 17.3 Å². The third-order valence-corrected chi connectivity index (χ3v) is 9.30. The molecule has 2 aliphatic heterocycles. The Morgan fingerprint density at radius 1 is 1.00 bits per heavy atom. The molecule has 2 saturated heterocycles. The largest absolute Gasteiger partial charge is 0.382 e. The number of methoxy groups -OCH3 is 2. The van der Waals surface area contributed by atoms with Crippen molar-refractivity contribution in [3.63, 3.8) is 0 Å². The number of hydrogen-bond acceptors (Lipinski definition) is 12. The maximum absolute atomic E-state index is 13.8. The van der Waals surface area contributed by atoms with Crippen molar-refractivity contribution in [1.29, 1.82) is 0 Å². The standard InChI is InChI=1S/C33H50N8O9/c1-32(2,3)14-18-17(24(47-8)28(49-18)40-10-9-20(42)37-31(40)45)13-21(43)35-15-19-22(33(4,5)6)25(48-12-11-46-7)29(50-19)41-16-36-23-26(41)38-30(34)39-27(23)44/h9-10,16-19,22,24-25,28-29H,11-15H2,1-8H3,(H,35,43)(H,37,42,45)(H3,34,38,39,44). The zero-order valence-electron chi connectivity index (χ0n) is 29.9. The van der Waals surface area contributed by atoms with Crippen LogP contribution in [0.1, 0.15) is 66.8 Å². The van der Waals surface area contributed by atoms with E-state index >= 15 is 0 Å². The molecule has 1 amide bonds. The Morgan fingerprint density at radius 3 is 2.34 bits per heavy atom. The number of rotatable bonds is 12. The topological polar surface area (TPSA) is 220 Å². The van der Waals surface area contributed by atoms with Crippen molar-refractivity contribution >= 4 is 23.0 Å². The molecule has 0 spiro atoms. The number of carbonyl (C=O) groups is 1. The van der Waals surface area contributed by atoms with Crippen molar-refractivity contribution in [2.75, 3.05) is 39.7 Å². The van der Waals surface area contributed by atoms with Crippen LogP contribution in [0, 0.1) is 22.7 Å². The van der Waals surface area contributed by atoms with Crippen LogP contribution in [0.3, 0.4) is 0 Å². The van der Waals surface area contributed by atoms with Gasteiger partial charge >= 0.3 is 5.69 Å². The van der Waals surface area contributed by atoms with E-state index in [1.165, 1.54) is 30.3 Å². The molecule has 8 unspecified atom stereocenters. The number of H-pyrrole nitrogens is 2. The van der Waals surface area contributed by atoms with Crippen molar-refractivity contribution in [1.82, 2.24) is 34.4 Å². The van der Waals surface area contributed by atoms with Gasteiger partial charge in [-0.15, -0.1) is 0 Å². The minimum atomic E-state index is -0.844. The van der Waals surface area contributed by atoms with Crippen LogP contribution in [0.5, 0.6) is 0 Å². The van der Waals surface area contributed by atoms with Gasteiger partial charge in [-0.25, -0.2) is 9.78 Å². The minimum Gasteiger partial charge on any atom is -0.382 e.